The van der Waals surface area contributed by atoms with Crippen LogP contribution in [0.1, 0.15) is 6.92 Å². The zero-order valence-corrected chi connectivity index (χ0v) is 9.01. The predicted octanol–water partition coefficient (Wildman–Crippen LogP) is -0.757. The predicted molar refractivity (Wildman–Crippen MR) is 52.0 cm³/mol. The molecule has 0 fully saturated rings. The first-order valence-corrected chi connectivity index (χ1v) is 5.86. The molecule has 0 atom stereocenters. The van der Waals surface area contributed by atoms with Crippen LogP contribution in [0.4, 0.5) is 0 Å². The Labute approximate surface area is 79.9 Å². The molecule has 6 heteroatoms. The molecule has 2 N–H and O–H groups in total. The van der Waals surface area contributed by atoms with E-state index in [-0.39, 0.29) is 12.3 Å². The Balaban J connectivity index is 4.20. The molecule has 0 rings (SSSR count). The first-order valence-electron chi connectivity index (χ1n) is 4.25. The molecule has 0 saturated carbocycles. The highest BCUT2D eigenvalue weighted by Crippen LogP contribution is 1.99. The third-order valence-corrected chi connectivity index (χ3v) is 3.65. The third-order valence-electron chi connectivity index (χ3n) is 1.67. The molecule has 0 saturated heterocycles. The average Bonchev–Trinajstić information content (AvgIpc) is 2.05. The van der Waals surface area contributed by atoms with Crippen LogP contribution in [-0.4, -0.2) is 51.8 Å². The lowest BCUT2D eigenvalue weighted by molar-refractivity contribution is 0.180. The van der Waals surface area contributed by atoms with Gasteiger partial charge in [-0.25, -0.2) is 8.42 Å². The summed E-state index contributed by atoms with van der Waals surface area (Å²) in [7, 11) is -1.62. The van der Waals surface area contributed by atoms with Gasteiger partial charge in [0, 0.05) is 26.7 Å². The van der Waals surface area contributed by atoms with Crippen LogP contribution in [0.2, 0.25) is 0 Å². The highest BCUT2D eigenvalue weighted by molar-refractivity contribution is 7.89. The molecule has 0 heterocycles. The lowest BCUT2D eigenvalue weighted by Crippen LogP contribution is -2.37. The van der Waals surface area contributed by atoms with E-state index in [0.29, 0.717) is 19.7 Å². The van der Waals surface area contributed by atoms with Gasteiger partial charge in [0.25, 0.3) is 0 Å². The van der Waals surface area contributed by atoms with E-state index in [1.165, 1.54) is 4.31 Å². The summed E-state index contributed by atoms with van der Waals surface area (Å²) in [6.45, 7) is 3.23. The molecule has 0 unspecified atom stereocenters. The molecule has 0 aliphatic heterocycles. The van der Waals surface area contributed by atoms with Gasteiger partial charge in [0.05, 0.1) is 12.4 Å². The minimum atomic E-state index is -3.17. The van der Waals surface area contributed by atoms with Gasteiger partial charge in [0.2, 0.25) is 10.0 Å². The van der Waals surface area contributed by atoms with Crippen molar-refractivity contribution in [2.45, 2.75) is 6.92 Å². The number of rotatable bonds is 7. The largest absolute Gasteiger partial charge is 0.383 e. The molecule has 13 heavy (non-hydrogen) atoms. The van der Waals surface area contributed by atoms with Gasteiger partial charge in [0.1, 0.15) is 0 Å². The van der Waals surface area contributed by atoms with E-state index >= 15 is 0 Å². The Bertz CT molecular complexity index is 216. The van der Waals surface area contributed by atoms with Gasteiger partial charge in [0.15, 0.2) is 0 Å². The van der Waals surface area contributed by atoms with E-state index < -0.39 is 10.0 Å². The van der Waals surface area contributed by atoms with Crippen molar-refractivity contribution in [3.63, 3.8) is 0 Å². The number of nitrogens with two attached hydrogens (primary N) is 1. The number of hydrogen-bond acceptors (Lipinski definition) is 4. The maximum absolute atomic E-state index is 11.5. The monoisotopic (exact) mass is 210 g/mol. The van der Waals surface area contributed by atoms with Crippen LogP contribution in [-0.2, 0) is 14.8 Å². The molecular formula is C7H18N2O3S. The molecule has 0 amide bonds. The summed E-state index contributed by atoms with van der Waals surface area (Å²) >= 11 is 0. The van der Waals surface area contributed by atoms with Gasteiger partial charge in [-0.1, -0.05) is 6.92 Å². The molecule has 0 spiro atoms. The standard InChI is InChI=1S/C7H18N2O3S/c1-3-9(5-6-12-2)13(10,11)7-4-8/h3-8H2,1-2H3. The van der Waals surface area contributed by atoms with E-state index in [1.54, 1.807) is 14.0 Å². The highest BCUT2D eigenvalue weighted by Gasteiger charge is 2.18. The topological polar surface area (TPSA) is 72.6 Å². The molecule has 5 nitrogen and oxygen atoms in total. The number of nitrogens with zero attached hydrogens (tertiary/aromatic N) is 1. The van der Waals surface area contributed by atoms with Crippen molar-refractivity contribution in [3.05, 3.63) is 0 Å². The van der Waals surface area contributed by atoms with E-state index in [0.717, 1.165) is 0 Å². The van der Waals surface area contributed by atoms with E-state index in [1.807, 2.05) is 0 Å². The molecule has 0 bridgehead atoms. The van der Waals surface area contributed by atoms with E-state index in [2.05, 4.69) is 0 Å². The van der Waals surface area contributed by atoms with Crippen LogP contribution in [0.5, 0.6) is 0 Å². The first-order chi connectivity index (χ1) is 6.08. The molecule has 0 aromatic carbocycles. The lowest BCUT2D eigenvalue weighted by Gasteiger charge is -2.19. The van der Waals surface area contributed by atoms with Crippen molar-refractivity contribution < 1.29 is 13.2 Å². The van der Waals surface area contributed by atoms with Gasteiger partial charge in [-0.15, -0.1) is 0 Å². The normalized spacial score (nSPS) is 12.3. The van der Waals surface area contributed by atoms with Gasteiger partial charge >= 0.3 is 0 Å². The fourth-order valence-corrected chi connectivity index (χ4v) is 2.27. The number of sulfonamides is 1. The van der Waals surface area contributed by atoms with Gasteiger partial charge in [-0.3, -0.25) is 0 Å². The highest BCUT2D eigenvalue weighted by atomic mass is 32.2. The van der Waals surface area contributed by atoms with Crippen LogP contribution < -0.4 is 5.73 Å². The second-order valence-electron chi connectivity index (χ2n) is 2.59. The Morgan fingerprint density at radius 1 is 1.46 bits per heavy atom. The smallest absolute Gasteiger partial charge is 0.215 e. The average molecular weight is 210 g/mol. The number of likely N-dealkylation sites (N-methyl/N-ethyl adjacent to an activating group) is 1. The first kappa shape index (κ1) is 12.8. The van der Waals surface area contributed by atoms with E-state index in [4.69, 9.17) is 10.5 Å². The van der Waals surface area contributed by atoms with Crippen molar-refractivity contribution in [1.82, 2.24) is 4.31 Å². The Morgan fingerprint density at radius 2 is 2.08 bits per heavy atom. The van der Waals surface area contributed by atoms with Crippen LogP contribution in [0.3, 0.4) is 0 Å². The van der Waals surface area contributed by atoms with Crippen molar-refractivity contribution in [2.24, 2.45) is 5.73 Å². The van der Waals surface area contributed by atoms with Crippen LogP contribution in [0.15, 0.2) is 0 Å². The maximum Gasteiger partial charge on any atom is 0.215 e. The fraction of sp³-hybridized carbons (Fsp3) is 1.00. The Kier molecular flexibility index (Phi) is 6.23. The van der Waals surface area contributed by atoms with Crippen molar-refractivity contribution >= 4 is 10.0 Å². The Morgan fingerprint density at radius 3 is 2.46 bits per heavy atom. The summed E-state index contributed by atoms with van der Waals surface area (Å²) in [5.74, 6) is 0.00452. The lowest BCUT2D eigenvalue weighted by atomic mass is 10.6. The second-order valence-corrected chi connectivity index (χ2v) is 4.68. The summed E-state index contributed by atoms with van der Waals surface area (Å²) in [5, 5.41) is 0. The van der Waals surface area contributed by atoms with Crippen LogP contribution in [0.25, 0.3) is 0 Å². The fourth-order valence-electron chi connectivity index (χ4n) is 0.965. The number of ether oxygens (including phenoxy) is 1. The summed E-state index contributed by atoms with van der Waals surface area (Å²) in [6.07, 6.45) is 0. The minimum absolute atomic E-state index is 0.00452. The summed E-state index contributed by atoms with van der Waals surface area (Å²) in [5.41, 5.74) is 5.20. The van der Waals surface area contributed by atoms with Crippen LogP contribution in [0, 0.1) is 0 Å². The van der Waals surface area contributed by atoms with Gasteiger partial charge < -0.3 is 10.5 Å². The summed E-state index contributed by atoms with van der Waals surface area (Å²) < 4.78 is 29.1. The molecule has 0 aromatic rings. The molecule has 0 aliphatic rings. The molecule has 80 valence electrons. The molecule has 0 radical (unpaired) electrons. The van der Waals surface area contributed by atoms with Crippen molar-refractivity contribution in [3.8, 4) is 0 Å². The zero-order valence-electron chi connectivity index (χ0n) is 8.19. The van der Waals surface area contributed by atoms with Crippen molar-refractivity contribution in [1.29, 1.82) is 0 Å². The quantitative estimate of drug-likeness (QED) is 0.599. The summed E-state index contributed by atoms with van der Waals surface area (Å²) in [4.78, 5) is 0. The maximum atomic E-state index is 11.5. The SMILES string of the molecule is CCN(CCOC)S(=O)(=O)CCN. The number of methoxy groups -OCH3 is 1. The molecular weight excluding hydrogens is 192 g/mol. The van der Waals surface area contributed by atoms with Crippen LogP contribution >= 0.6 is 0 Å². The molecule has 0 aliphatic carbocycles. The van der Waals surface area contributed by atoms with E-state index in [9.17, 15) is 8.42 Å². The Hall–Kier alpha value is -0.170. The molecule has 0 aromatic heterocycles. The minimum Gasteiger partial charge on any atom is -0.383 e. The zero-order chi connectivity index (χ0) is 10.3. The van der Waals surface area contributed by atoms with Gasteiger partial charge in [-0.2, -0.15) is 4.31 Å². The second kappa shape index (κ2) is 6.31. The number of hydrogen-bond donors (Lipinski definition) is 1. The van der Waals surface area contributed by atoms with Crippen molar-refractivity contribution in [2.75, 3.05) is 39.1 Å². The van der Waals surface area contributed by atoms with Gasteiger partial charge in [-0.05, 0) is 0 Å². The third kappa shape index (κ3) is 4.56. The summed E-state index contributed by atoms with van der Waals surface area (Å²) in [6, 6.07) is 0.